The van der Waals surface area contributed by atoms with Crippen LogP contribution in [-0.2, 0) is 17.6 Å². The van der Waals surface area contributed by atoms with Gasteiger partial charge in [0.25, 0.3) is 0 Å². The molecule has 0 aliphatic rings. The molecule has 0 saturated carbocycles. The van der Waals surface area contributed by atoms with Crippen molar-refractivity contribution in [2.75, 3.05) is 6.61 Å². The molecule has 4 nitrogen and oxygen atoms in total. The molecule has 1 aromatic carbocycles. The van der Waals surface area contributed by atoms with Gasteiger partial charge in [0.2, 0.25) is 0 Å². The molecule has 0 bridgehead atoms. The molecule has 0 radical (unpaired) electrons. The van der Waals surface area contributed by atoms with Gasteiger partial charge in [0, 0.05) is 17.5 Å². The number of aromatic nitrogens is 1. The fourth-order valence-corrected chi connectivity index (χ4v) is 2.65. The summed E-state index contributed by atoms with van der Waals surface area (Å²) in [5.74, 6) is 0.0296. The molecule has 0 atom stereocenters. The van der Waals surface area contributed by atoms with E-state index < -0.39 is 5.97 Å². The van der Waals surface area contributed by atoms with Gasteiger partial charge in [0.15, 0.2) is 0 Å². The molecule has 20 heavy (non-hydrogen) atoms. The minimum atomic E-state index is -0.827. The third kappa shape index (κ3) is 4.06. The molecule has 0 amide bonds. The molecule has 5 heteroatoms. The second kappa shape index (κ2) is 6.52. The smallest absolute Gasteiger partial charge is 0.308 e. The van der Waals surface area contributed by atoms with Gasteiger partial charge in [-0.25, -0.2) is 4.98 Å². The van der Waals surface area contributed by atoms with Gasteiger partial charge in [-0.15, -0.1) is 11.3 Å². The molecule has 0 aliphatic carbocycles. The monoisotopic (exact) mass is 291 g/mol. The van der Waals surface area contributed by atoms with Gasteiger partial charge in [-0.3, -0.25) is 4.79 Å². The lowest BCUT2D eigenvalue weighted by Crippen LogP contribution is -2.01. The lowest BCUT2D eigenvalue weighted by molar-refractivity contribution is -0.136. The number of carboxylic acid groups (broad SMARTS) is 1. The van der Waals surface area contributed by atoms with E-state index in [1.54, 1.807) is 6.20 Å². The maximum absolute atomic E-state index is 10.6. The van der Waals surface area contributed by atoms with Crippen molar-refractivity contribution in [3.8, 4) is 5.75 Å². The third-order valence-corrected chi connectivity index (χ3v) is 4.05. The molecule has 0 aliphatic heterocycles. The molecular weight excluding hydrogens is 274 g/mol. The maximum atomic E-state index is 10.6. The normalized spacial score (nSPS) is 10.5. The van der Waals surface area contributed by atoms with Gasteiger partial charge in [-0.1, -0.05) is 6.07 Å². The van der Waals surface area contributed by atoms with Gasteiger partial charge >= 0.3 is 5.97 Å². The van der Waals surface area contributed by atoms with Crippen LogP contribution in [0, 0.1) is 13.8 Å². The average Bonchev–Trinajstić information content (AvgIpc) is 2.80. The van der Waals surface area contributed by atoms with E-state index in [0.29, 0.717) is 13.0 Å². The molecule has 2 rings (SSSR count). The second-order valence-electron chi connectivity index (χ2n) is 4.64. The maximum Gasteiger partial charge on any atom is 0.308 e. The fraction of sp³-hybridized carbons (Fsp3) is 0.333. The lowest BCUT2D eigenvalue weighted by atomic mass is 10.1. The number of aryl methyl sites for hydroxylation is 2. The average molecular weight is 291 g/mol. The summed E-state index contributed by atoms with van der Waals surface area (Å²) in [5, 5.41) is 9.61. The summed E-state index contributed by atoms with van der Waals surface area (Å²) in [6.45, 7) is 4.67. The van der Waals surface area contributed by atoms with Crippen molar-refractivity contribution in [3.05, 3.63) is 45.4 Å². The number of rotatable bonds is 6. The largest absolute Gasteiger partial charge is 0.493 e. The Balaban J connectivity index is 1.84. The van der Waals surface area contributed by atoms with E-state index in [0.717, 1.165) is 15.6 Å². The highest BCUT2D eigenvalue weighted by atomic mass is 32.1. The first kappa shape index (κ1) is 14.5. The van der Waals surface area contributed by atoms with Crippen LogP contribution in [0.15, 0.2) is 24.4 Å². The zero-order valence-corrected chi connectivity index (χ0v) is 12.4. The number of hydrogen-bond donors (Lipinski definition) is 1. The Kier molecular flexibility index (Phi) is 4.74. The van der Waals surface area contributed by atoms with Crippen LogP contribution in [0.5, 0.6) is 5.75 Å². The molecule has 0 spiro atoms. The number of aliphatic carboxylic acids is 1. The number of ether oxygens (including phenoxy) is 1. The SMILES string of the molecule is Cc1ccc(OCCc2ncc(CC(=O)O)s2)cc1C. The van der Waals surface area contributed by atoms with E-state index in [-0.39, 0.29) is 6.42 Å². The molecule has 1 aromatic heterocycles. The molecule has 0 fully saturated rings. The zero-order chi connectivity index (χ0) is 14.5. The Hall–Kier alpha value is -1.88. The summed E-state index contributed by atoms with van der Waals surface area (Å²) in [6, 6.07) is 6.02. The van der Waals surface area contributed by atoms with Crippen molar-refractivity contribution in [2.45, 2.75) is 26.7 Å². The fourth-order valence-electron chi connectivity index (χ4n) is 1.75. The van der Waals surface area contributed by atoms with Crippen molar-refractivity contribution in [2.24, 2.45) is 0 Å². The van der Waals surface area contributed by atoms with Crippen LogP contribution in [0.2, 0.25) is 0 Å². The van der Waals surface area contributed by atoms with E-state index in [9.17, 15) is 4.79 Å². The van der Waals surface area contributed by atoms with Crippen molar-refractivity contribution in [1.82, 2.24) is 4.98 Å². The molecule has 1 N–H and O–H groups in total. The van der Waals surface area contributed by atoms with Crippen LogP contribution in [0.25, 0.3) is 0 Å². The van der Waals surface area contributed by atoms with E-state index in [1.807, 2.05) is 18.2 Å². The van der Waals surface area contributed by atoms with Gasteiger partial charge < -0.3 is 9.84 Å². The Morgan fingerprint density at radius 2 is 2.15 bits per heavy atom. The van der Waals surface area contributed by atoms with E-state index >= 15 is 0 Å². The lowest BCUT2D eigenvalue weighted by Gasteiger charge is -2.07. The van der Waals surface area contributed by atoms with Crippen molar-refractivity contribution >= 4 is 17.3 Å². The topological polar surface area (TPSA) is 59.4 Å². The van der Waals surface area contributed by atoms with Crippen LogP contribution in [0.4, 0.5) is 0 Å². The van der Waals surface area contributed by atoms with Crippen LogP contribution in [0.1, 0.15) is 21.0 Å². The van der Waals surface area contributed by atoms with Crippen molar-refractivity contribution in [3.63, 3.8) is 0 Å². The van der Waals surface area contributed by atoms with E-state index in [2.05, 4.69) is 18.8 Å². The third-order valence-electron chi connectivity index (χ3n) is 2.99. The van der Waals surface area contributed by atoms with Crippen LogP contribution in [-0.4, -0.2) is 22.7 Å². The van der Waals surface area contributed by atoms with E-state index in [1.165, 1.54) is 22.5 Å². The summed E-state index contributed by atoms with van der Waals surface area (Å²) in [4.78, 5) is 15.6. The Labute approximate surface area is 122 Å². The molecule has 0 saturated heterocycles. The summed E-state index contributed by atoms with van der Waals surface area (Å²) in [6.07, 6.45) is 2.36. The number of nitrogens with zero attached hydrogens (tertiary/aromatic N) is 1. The molecule has 1 heterocycles. The van der Waals surface area contributed by atoms with Gasteiger partial charge in [-0.2, -0.15) is 0 Å². The Morgan fingerprint density at radius 3 is 2.85 bits per heavy atom. The standard InChI is InChI=1S/C15H17NO3S/c1-10-3-4-12(7-11(10)2)19-6-5-14-16-9-13(20-14)8-15(17)18/h3-4,7,9H,5-6,8H2,1-2H3,(H,17,18). The molecular formula is C15H17NO3S. The predicted molar refractivity (Wildman–Crippen MR) is 78.6 cm³/mol. The van der Waals surface area contributed by atoms with Gasteiger partial charge in [0.1, 0.15) is 5.75 Å². The highest BCUT2D eigenvalue weighted by molar-refractivity contribution is 7.11. The second-order valence-corrected chi connectivity index (χ2v) is 5.84. The summed E-state index contributed by atoms with van der Waals surface area (Å²) < 4.78 is 5.69. The van der Waals surface area contributed by atoms with Gasteiger partial charge in [0.05, 0.1) is 18.0 Å². The number of hydrogen-bond acceptors (Lipinski definition) is 4. The highest BCUT2D eigenvalue weighted by Gasteiger charge is 2.06. The van der Waals surface area contributed by atoms with Crippen LogP contribution < -0.4 is 4.74 Å². The van der Waals surface area contributed by atoms with Crippen LogP contribution in [0.3, 0.4) is 0 Å². The minimum absolute atomic E-state index is 0.0374. The van der Waals surface area contributed by atoms with Crippen molar-refractivity contribution < 1.29 is 14.6 Å². The molecule has 2 aromatic rings. The summed E-state index contributed by atoms with van der Waals surface area (Å²) in [5.41, 5.74) is 2.45. The Bertz CT molecular complexity index is 607. The molecule has 106 valence electrons. The first-order valence-corrected chi connectivity index (χ1v) is 7.21. The van der Waals surface area contributed by atoms with Gasteiger partial charge in [-0.05, 0) is 37.1 Å². The Morgan fingerprint density at radius 1 is 1.35 bits per heavy atom. The number of benzene rings is 1. The summed E-state index contributed by atoms with van der Waals surface area (Å²) >= 11 is 1.43. The summed E-state index contributed by atoms with van der Waals surface area (Å²) in [7, 11) is 0. The highest BCUT2D eigenvalue weighted by Crippen LogP contribution is 2.18. The zero-order valence-electron chi connectivity index (χ0n) is 11.5. The number of carboxylic acids is 1. The first-order valence-electron chi connectivity index (χ1n) is 6.40. The van der Waals surface area contributed by atoms with E-state index in [4.69, 9.17) is 9.84 Å². The number of thiazole rings is 1. The van der Waals surface area contributed by atoms with Crippen LogP contribution >= 0.6 is 11.3 Å². The molecule has 0 unspecified atom stereocenters. The predicted octanol–water partition coefficient (Wildman–Crippen LogP) is 3.01. The first-order chi connectivity index (χ1) is 9.54. The minimum Gasteiger partial charge on any atom is -0.493 e. The van der Waals surface area contributed by atoms with Crippen molar-refractivity contribution in [1.29, 1.82) is 0 Å². The number of carbonyl (C=O) groups is 1. The quantitative estimate of drug-likeness (QED) is 0.888.